The quantitative estimate of drug-likeness (QED) is 0.587. The van der Waals surface area contributed by atoms with Crippen LogP contribution in [0.2, 0.25) is 0 Å². The van der Waals surface area contributed by atoms with E-state index in [1.54, 1.807) is 6.26 Å². The first-order chi connectivity index (χ1) is 12.7. The molecule has 1 aliphatic heterocycles. The van der Waals surface area contributed by atoms with Crippen LogP contribution in [0.4, 0.5) is 0 Å². The van der Waals surface area contributed by atoms with Gasteiger partial charge in [0.2, 0.25) is 0 Å². The number of rotatable bonds is 7. The van der Waals surface area contributed by atoms with Crippen LogP contribution in [0.15, 0.2) is 27.8 Å². The average molecular weight is 358 g/mol. The largest absolute Gasteiger partial charge is 0.469 e. The van der Waals surface area contributed by atoms with E-state index in [1.807, 2.05) is 12.1 Å². The van der Waals surface area contributed by atoms with Gasteiger partial charge in [0.25, 0.3) is 0 Å². The second-order valence-electron chi connectivity index (χ2n) is 7.09. The van der Waals surface area contributed by atoms with E-state index in [0.717, 1.165) is 68.7 Å². The van der Waals surface area contributed by atoms with E-state index in [-0.39, 0.29) is 0 Å². The summed E-state index contributed by atoms with van der Waals surface area (Å²) in [5.41, 5.74) is 0. The van der Waals surface area contributed by atoms with Gasteiger partial charge in [-0.25, -0.2) is 9.67 Å². The fourth-order valence-electron chi connectivity index (χ4n) is 3.02. The van der Waals surface area contributed by atoms with Crippen molar-refractivity contribution in [1.29, 1.82) is 0 Å². The monoisotopic (exact) mass is 358 g/mol. The van der Waals surface area contributed by atoms with Crippen LogP contribution in [0.3, 0.4) is 0 Å². The van der Waals surface area contributed by atoms with Crippen molar-refractivity contribution in [3.63, 3.8) is 0 Å². The molecule has 2 aromatic heterocycles. The number of furan rings is 1. The zero-order valence-corrected chi connectivity index (χ0v) is 16.0. The molecule has 0 radical (unpaired) electrons. The summed E-state index contributed by atoms with van der Waals surface area (Å²) in [5, 5.41) is 11.6. The Hall–Kier alpha value is -2.31. The Balaban J connectivity index is 1.56. The number of guanidine groups is 1. The lowest BCUT2D eigenvalue weighted by Gasteiger charge is -2.25. The second-order valence-corrected chi connectivity index (χ2v) is 7.09. The van der Waals surface area contributed by atoms with E-state index < -0.39 is 0 Å². The highest BCUT2D eigenvalue weighted by Crippen LogP contribution is 2.16. The number of nitrogens with zero attached hydrogens (tertiary/aromatic N) is 4. The fourth-order valence-corrected chi connectivity index (χ4v) is 3.02. The van der Waals surface area contributed by atoms with Crippen molar-refractivity contribution >= 4 is 5.96 Å². The molecule has 142 valence electrons. The number of aromatic nitrogens is 3. The molecular weight excluding hydrogens is 328 g/mol. The number of hydrogen-bond acceptors (Lipinski definition) is 4. The van der Waals surface area contributed by atoms with E-state index in [4.69, 9.17) is 4.42 Å². The Bertz CT molecular complexity index is 704. The third kappa shape index (κ3) is 4.86. The van der Waals surface area contributed by atoms with Crippen molar-refractivity contribution in [3.8, 4) is 0 Å². The molecule has 1 unspecified atom stereocenters. The molecule has 2 N–H and O–H groups in total. The minimum atomic E-state index is 0.316. The van der Waals surface area contributed by atoms with Gasteiger partial charge < -0.3 is 15.1 Å². The Morgan fingerprint density at radius 1 is 1.46 bits per heavy atom. The first kappa shape index (κ1) is 18.5. The first-order valence-corrected chi connectivity index (χ1v) is 9.66. The van der Waals surface area contributed by atoms with Crippen LogP contribution in [0.5, 0.6) is 0 Å². The Morgan fingerprint density at radius 2 is 2.35 bits per heavy atom. The number of fused-ring (bicyclic) bond motifs is 1. The highest BCUT2D eigenvalue weighted by Gasteiger charge is 2.23. The van der Waals surface area contributed by atoms with E-state index >= 15 is 0 Å². The molecule has 0 spiro atoms. The number of aliphatic imine (C=N–C) groups is 1. The smallest absolute Gasteiger partial charge is 0.191 e. The van der Waals surface area contributed by atoms with Crippen molar-refractivity contribution < 1.29 is 4.42 Å². The van der Waals surface area contributed by atoms with E-state index in [9.17, 15) is 0 Å². The van der Waals surface area contributed by atoms with Gasteiger partial charge in [0.1, 0.15) is 11.6 Å². The van der Waals surface area contributed by atoms with Crippen molar-refractivity contribution in [2.45, 2.75) is 65.0 Å². The lowest BCUT2D eigenvalue weighted by atomic mass is 10.1. The molecule has 7 nitrogen and oxygen atoms in total. The van der Waals surface area contributed by atoms with Gasteiger partial charge >= 0.3 is 0 Å². The zero-order chi connectivity index (χ0) is 18.4. The third-order valence-corrected chi connectivity index (χ3v) is 4.47. The molecule has 0 aromatic carbocycles. The van der Waals surface area contributed by atoms with Gasteiger partial charge in [0.05, 0.1) is 12.8 Å². The molecule has 1 atom stereocenters. The summed E-state index contributed by atoms with van der Waals surface area (Å²) < 4.78 is 7.44. The maximum Gasteiger partial charge on any atom is 0.191 e. The molecule has 26 heavy (non-hydrogen) atoms. The molecule has 3 heterocycles. The summed E-state index contributed by atoms with van der Waals surface area (Å²) in [6.45, 7) is 8.85. The van der Waals surface area contributed by atoms with E-state index in [0.29, 0.717) is 12.0 Å². The minimum Gasteiger partial charge on any atom is -0.469 e. The van der Waals surface area contributed by atoms with Crippen LogP contribution in [0.1, 0.15) is 56.9 Å². The number of nitrogens with one attached hydrogen (secondary N) is 2. The average Bonchev–Trinajstić information content (AvgIpc) is 3.28. The van der Waals surface area contributed by atoms with Crippen molar-refractivity contribution in [1.82, 2.24) is 25.4 Å². The topological polar surface area (TPSA) is 80.3 Å². The van der Waals surface area contributed by atoms with Crippen LogP contribution in [-0.2, 0) is 19.4 Å². The molecule has 3 rings (SSSR count). The summed E-state index contributed by atoms with van der Waals surface area (Å²) in [6, 6.07) is 4.23. The van der Waals surface area contributed by atoms with Crippen LogP contribution < -0.4 is 10.6 Å². The molecule has 0 aliphatic carbocycles. The Labute approximate surface area is 155 Å². The third-order valence-electron chi connectivity index (χ3n) is 4.47. The minimum absolute atomic E-state index is 0.316. The summed E-state index contributed by atoms with van der Waals surface area (Å²) in [4.78, 5) is 9.32. The fraction of sp³-hybridized carbons (Fsp3) is 0.632. The van der Waals surface area contributed by atoms with Gasteiger partial charge in [-0.3, -0.25) is 4.99 Å². The SMILES string of the molecule is CCCN=C(NCCc1ccco1)NC1CCc2nc(C(C)C)nn2C1. The number of aryl methyl sites for hydroxylation is 1. The van der Waals surface area contributed by atoms with Crippen LogP contribution in [-0.4, -0.2) is 39.9 Å². The summed E-state index contributed by atoms with van der Waals surface area (Å²) in [5.74, 6) is 4.26. The Kier molecular flexibility index (Phi) is 6.30. The molecule has 7 heteroatoms. The van der Waals surface area contributed by atoms with Gasteiger partial charge in [0.15, 0.2) is 11.8 Å². The van der Waals surface area contributed by atoms with Gasteiger partial charge in [-0.05, 0) is 25.0 Å². The molecular formula is C19H30N6O. The molecule has 0 amide bonds. The highest BCUT2D eigenvalue weighted by atomic mass is 16.3. The highest BCUT2D eigenvalue weighted by molar-refractivity contribution is 5.80. The summed E-state index contributed by atoms with van der Waals surface area (Å²) in [6.07, 6.45) is 5.57. The van der Waals surface area contributed by atoms with Crippen LogP contribution in [0.25, 0.3) is 0 Å². The van der Waals surface area contributed by atoms with Gasteiger partial charge in [0, 0.05) is 37.9 Å². The van der Waals surface area contributed by atoms with E-state index in [1.165, 1.54) is 0 Å². The lowest BCUT2D eigenvalue weighted by molar-refractivity contribution is 0.391. The standard InChI is InChI=1S/C19H30N6O/c1-4-10-20-19(21-11-9-16-6-5-12-26-16)22-15-7-8-17-23-18(14(2)3)24-25(17)13-15/h5-6,12,14-15H,4,7-11,13H2,1-3H3,(H2,20,21,22). The van der Waals surface area contributed by atoms with Gasteiger partial charge in [-0.2, -0.15) is 5.10 Å². The molecule has 0 saturated heterocycles. The molecule has 0 saturated carbocycles. The van der Waals surface area contributed by atoms with Crippen molar-refractivity contribution in [2.24, 2.45) is 4.99 Å². The molecule has 2 aromatic rings. The molecule has 1 aliphatic rings. The normalized spacial score (nSPS) is 17.4. The Morgan fingerprint density at radius 3 is 3.08 bits per heavy atom. The first-order valence-electron chi connectivity index (χ1n) is 9.66. The predicted molar refractivity (Wildman–Crippen MR) is 102 cm³/mol. The molecule has 0 fully saturated rings. The maximum absolute atomic E-state index is 5.39. The lowest BCUT2D eigenvalue weighted by Crippen LogP contribution is -2.47. The molecule has 0 bridgehead atoms. The second kappa shape index (κ2) is 8.87. The van der Waals surface area contributed by atoms with Crippen LogP contribution >= 0.6 is 0 Å². The van der Waals surface area contributed by atoms with Crippen molar-refractivity contribution in [2.75, 3.05) is 13.1 Å². The van der Waals surface area contributed by atoms with Crippen LogP contribution in [0, 0.1) is 0 Å². The zero-order valence-electron chi connectivity index (χ0n) is 16.0. The van der Waals surface area contributed by atoms with Gasteiger partial charge in [-0.15, -0.1) is 0 Å². The number of hydrogen-bond donors (Lipinski definition) is 2. The summed E-state index contributed by atoms with van der Waals surface area (Å²) in [7, 11) is 0. The predicted octanol–water partition coefficient (Wildman–Crippen LogP) is 2.50. The maximum atomic E-state index is 5.39. The van der Waals surface area contributed by atoms with E-state index in [2.05, 4.69) is 51.2 Å². The van der Waals surface area contributed by atoms with Gasteiger partial charge in [-0.1, -0.05) is 20.8 Å². The summed E-state index contributed by atoms with van der Waals surface area (Å²) >= 11 is 0. The van der Waals surface area contributed by atoms with Crippen molar-refractivity contribution in [3.05, 3.63) is 35.8 Å².